The maximum Gasteiger partial charge on any atom is 0.0558 e. The molecule has 0 aromatic carbocycles. The summed E-state index contributed by atoms with van der Waals surface area (Å²) >= 11 is 0. The number of fused-ring (bicyclic) bond motifs is 1. The van der Waals surface area contributed by atoms with Gasteiger partial charge in [-0.3, -0.25) is 0 Å². The second-order valence-corrected chi connectivity index (χ2v) is 3.93. The van der Waals surface area contributed by atoms with Crippen molar-refractivity contribution in [1.29, 1.82) is 0 Å². The predicted molar refractivity (Wildman–Crippen MR) is 44.4 cm³/mol. The van der Waals surface area contributed by atoms with Gasteiger partial charge in [-0.2, -0.15) is 0 Å². The van der Waals surface area contributed by atoms with Crippen molar-refractivity contribution in [2.75, 3.05) is 26.2 Å². The Morgan fingerprint density at radius 2 is 1.82 bits per heavy atom. The number of hydrogen-bond acceptors (Lipinski definition) is 2. The van der Waals surface area contributed by atoms with E-state index >= 15 is 0 Å². The Morgan fingerprint density at radius 1 is 1.18 bits per heavy atom. The first kappa shape index (κ1) is 7.56. The molecule has 0 aromatic rings. The topological polar surface area (TPSA) is 23.5 Å². The molecular formula is C9H17NO. The normalized spacial score (nSPS) is 37.9. The summed E-state index contributed by atoms with van der Waals surface area (Å²) in [5, 5.41) is 8.75. The van der Waals surface area contributed by atoms with E-state index < -0.39 is 0 Å². The quantitative estimate of drug-likeness (QED) is 0.635. The van der Waals surface area contributed by atoms with Crippen LogP contribution in [0.5, 0.6) is 0 Å². The molecule has 2 atom stereocenters. The maximum atomic E-state index is 8.75. The first-order valence-electron chi connectivity index (χ1n) is 4.73. The molecule has 64 valence electrons. The molecule has 0 bridgehead atoms. The Balaban J connectivity index is 1.84. The van der Waals surface area contributed by atoms with Gasteiger partial charge in [-0.15, -0.1) is 0 Å². The summed E-state index contributed by atoms with van der Waals surface area (Å²) < 4.78 is 0. The van der Waals surface area contributed by atoms with Gasteiger partial charge < -0.3 is 10.0 Å². The van der Waals surface area contributed by atoms with Gasteiger partial charge in [0.15, 0.2) is 0 Å². The maximum absolute atomic E-state index is 8.75. The SMILES string of the molecule is OCCN1C[C@H]2CCC[C@H]2C1. The minimum Gasteiger partial charge on any atom is -0.395 e. The number of hydrogen-bond donors (Lipinski definition) is 1. The van der Waals surface area contributed by atoms with E-state index in [2.05, 4.69) is 4.90 Å². The van der Waals surface area contributed by atoms with Gasteiger partial charge in [0, 0.05) is 19.6 Å². The minimum absolute atomic E-state index is 0.333. The molecule has 1 heterocycles. The summed E-state index contributed by atoms with van der Waals surface area (Å²) in [5.74, 6) is 1.95. The Kier molecular flexibility index (Phi) is 2.14. The van der Waals surface area contributed by atoms with Crippen LogP contribution in [-0.4, -0.2) is 36.2 Å². The summed E-state index contributed by atoms with van der Waals surface area (Å²) in [5.41, 5.74) is 0. The lowest BCUT2D eigenvalue weighted by Crippen LogP contribution is -2.24. The Labute approximate surface area is 68.2 Å². The third-order valence-electron chi connectivity index (χ3n) is 3.22. The van der Waals surface area contributed by atoms with E-state index in [1.54, 1.807) is 0 Å². The molecule has 2 fully saturated rings. The Bertz CT molecular complexity index is 126. The summed E-state index contributed by atoms with van der Waals surface area (Å²) in [6.45, 7) is 3.74. The van der Waals surface area contributed by atoms with Crippen LogP contribution in [0.15, 0.2) is 0 Å². The second-order valence-electron chi connectivity index (χ2n) is 3.93. The third kappa shape index (κ3) is 1.42. The number of rotatable bonds is 2. The molecule has 2 nitrogen and oxygen atoms in total. The molecule has 2 heteroatoms. The lowest BCUT2D eigenvalue weighted by molar-refractivity contribution is 0.212. The van der Waals surface area contributed by atoms with Gasteiger partial charge in [-0.05, 0) is 24.7 Å². The minimum atomic E-state index is 0.333. The van der Waals surface area contributed by atoms with Crippen LogP contribution in [-0.2, 0) is 0 Å². The lowest BCUT2D eigenvalue weighted by Gasteiger charge is -2.13. The summed E-state index contributed by atoms with van der Waals surface area (Å²) in [6.07, 6.45) is 4.32. The van der Waals surface area contributed by atoms with Gasteiger partial charge in [0.05, 0.1) is 6.61 Å². The highest BCUT2D eigenvalue weighted by molar-refractivity contribution is 4.88. The van der Waals surface area contributed by atoms with Crippen LogP contribution >= 0.6 is 0 Å². The molecular weight excluding hydrogens is 138 g/mol. The van der Waals surface area contributed by atoms with Crippen LogP contribution in [0.25, 0.3) is 0 Å². The zero-order chi connectivity index (χ0) is 7.68. The van der Waals surface area contributed by atoms with Crippen LogP contribution in [0.2, 0.25) is 0 Å². The van der Waals surface area contributed by atoms with Crippen molar-refractivity contribution < 1.29 is 5.11 Å². The van der Waals surface area contributed by atoms with Gasteiger partial charge in [0.2, 0.25) is 0 Å². The zero-order valence-electron chi connectivity index (χ0n) is 7.00. The summed E-state index contributed by atoms with van der Waals surface area (Å²) in [6, 6.07) is 0. The molecule has 1 saturated heterocycles. The smallest absolute Gasteiger partial charge is 0.0558 e. The van der Waals surface area contributed by atoms with Crippen LogP contribution in [0, 0.1) is 11.8 Å². The van der Waals surface area contributed by atoms with Crippen molar-refractivity contribution in [3.63, 3.8) is 0 Å². The van der Waals surface area contributed by atoms with Gasteiger partial charge in [-0.25, -0.2) is 0 Å². The standard InChI is InChI=1S/C9H17NO/c11-5-4-10-6-8-2-1-3-9(8)7-10/h8-9,11H,1-7H2/t8-,9+. The van der Waals surface area contributed by atoms with E-state index in [1.807, 2.05) is 0 Å². The lowest BCUT2D eigenvalue weighted by atomic mass is 10.0. The molecule has 1 aliphatic heterocycles. The van der Waals surface area contributed by atoms with Gasteiger partial charge in [0.1, 0.15) is 0 Å². The van der Waals surface area contributed by atoms with Gasteiger partial charge >= 0.3 is 0 Å². The first-order valence-corrected chi connectivity index (χ1v) is 4.73. The van der Waals surface area contributed by atoms with Crippen molar-refractivity contribution in [2.45, 2.75) is 19.3 Å². The van der Waals surface area contributed by atoms with Crippen molar-refractivity contribution >= 4 is 0 Å². The molecule has 2 rings (SSSR count). The summed E-state index contributed by atoms with van der Waals surface area (Å²) in [4.78, 5) is 2.41. The van der Waals surface area contributed by atoms with E-state index in [-0.39, 0.29) is 0 Å². The fraction of sp³-hybridized carbons (Fsp3) is 1.00. The van der Waals surface area contributed by atoms with Gasteiger partial charge in [-0.1, -0.05) is 6.42 Å². The summed E-state index contributed by atoms with van der Waals surface area (Å²) in [7, 11) is 0. The molecule has 0 spiro atoms. The Morgan fingerprint density at radius 3 is 2.36 bits per heavy atom. The van der Waals surface area contributed by atoms with E-state index in [1.165, 1.54) is 32.4 Å². The molecule has 1 aliphatic carbocycles. The highest BCUT2D eigenvalue weighted by Gasteiger charge is 2.35. The molecule has 1 saturated carbocycles. The highest BCUT2D eigenvalue weighted by Crippen LogP contribution is 2.37. The average molecular weight is 155 g/mol. The zero-order valence-corrected chi connectivity index (χ0v) is 7.00. The van der Waals surface area contributed by atoms with Crippen molar-refractivity contribution in [2.24, 2.45) is 11.8 Å². The number of β-amino-alcohol motifs (C(OH)–C–C–N with tert-alkyl or cyclic N) is 1. The largest absolute Gasteiger partial charge is 0.395 e. The third-order valence-corrected chi connectivity index (χ3v) is 3.22. The number of aliphatic hydroxyl groups is 1. The number of aliphatic hydroxyl groups excluding tert-OH is 1. The fourth-order valence-electron chi connectivity index (χ4n) is 2.66. The first-order chi connectivity index (χ1) is 5.40. The van der Waals surface area contributed by atoms with Crippen molar-refractivity contribution in [3.05, 3.63) is 0 Å². The highest BCUT2D eigenvalue weighted by atomic mass is 16.3. The van der Waals surface area contributed by atoms with E-state index in [0.717, 1.165) is 18.4 Å². The van der Waals surface area contributed by atoms with Crippen molar-refractivity contribution in [3.8, 4) is 0 Å². The molecule has 11 heavy (non-hydrogen) atoms. The van der Waals surface area contributed by atoms with Crippen molar-refractivity contribution in [1.82, 2.24) is 4.90 Å². The van der Waals surface area contributed by atoms with E-state index in [9.17, 15) is 0 Å². The van der Waals surface area contributed by atoms with Crippen LogP contribution < -0.4 is 0 Å². The van der Waals surface area contributed by atoms with E-state index in [4.69, 9.17) is 5.11 Å². The number of likely N-dealkylation sites (tertiary alicyclic amines) is 1. The Hall–Kier alpha value is -0.0800. The monoisotopic (exact) mass is 155 g/mol. The molecule has 1 N–H and O–H groups in total. The molecule has 0 amide bonds. The fourth-order valence-corrected chi connectivity index (χ4v) is 2.66. The van der Waals surface area contributed by atoms with Crippen LogP contribution in [0.1, 0.15) is 19.3 Å². The molecule has 0 unspecified atom stereocenters. The van der Waals surface area contributed by atoms with Gasteiger partial charge in [0.25, 0.3) is 0 Å². The number of nitrogens with zero attached hydrogens (tertiary/aromatic N) is 1. The molecule has 2 aliphatic rings. The second kappa shape index (κ2) is 3.11. The molecule has 0 aromatic heterocycles. The van der Waals surface area contributed by atoms with E-state index in [0.29, 0.717) is 6.61 Å². The average Bonchev–Trinajstić information content (AvgIpc) is 2.46. The predicted octanol–water partition coefficient (Wildman–Crippen LogP) is 0.711. The van der Waals surface area contributed by atoms with Crippen LogP contribution in [0.3, 0.4) is 0 Å². The molecule has 0 radical (unpaired) electrons. The van der Waals surface area contributed by atoms with Crippen LogP contribution in [0.4, 0.5) is 0 Å².